The molecule has 1 aliphatic heterocycles. The van der Waals surface area contributed by atoms with Crippen LogP contribution in [0.5, 0.6) is 0 Å². The third-order valence-corrected chi connectivity index (χ3v) is 4.12. The number of halogens is 1. The molecule has 0 spiro atoms. The van der Waals surface area contributed by atoms with Gasteiger partial charge in [-0.3, -0.25) is 0 Å². The van der Waals surface area contributed by atoms with Gasteiger partial charge in [0.1, 0.15) is 5.82 Å². The van der Waals surface area contributed by atoms with E-state index in [2.05, 4.69) is 34.7 Å². The van der Waals surface area contributed by atoms with E-state index in [1.807, 2.05) is 0 Å². The Balaban J connectivity index is 1.95. The largest absolute Gasteiger partial charge is 0.381 e. The molecule has 0 unspecified atom stereocenters. The van der Waals surface area contributed by atoms with Gasteiger partial charge < -0.3 is 9.30 Å². The lowest BCUT2D eigenvalue weighted by molar-refractivity contribution is 0.0614. The van der Waals surface area contributed by atoms with Crippen LogP contribution in [-0.4, -0.2) is 22.8 Å². The summed E-state index contributed by atoms with van der Waals surface area (Å²) in [4.78, 5) is 4.66. The Labute approximate surface area is 118 Å². The van der Waals surface area contributed by atoms with Crippen molar-refractivity contribution in [2.45, 2.75) is 32.2 Å². The molecular weight excluding hydrogens is 260 g/mol. The quantitative estimate of drug-likeness (QED) is 0.804. The molecule has 0 aliphatic carbocycles. The second-order valence-electron chi connectivity index (χ2n) is 5.32. The van der Waals surface area contributed by atoms with E-state index in [-0.39, 0.29) is 0 Å². The Morgan fingerprint density at radius 3 is 2.89 bits per heavy atom. The Morgan fingerprint density at radius 2 is 2.16 bits per heavy atom. The standard InChI is InChI=1S/C15H19ClN2O/c1-11-2-3-14-13(8-11)17-15(9-16)18(14)10-12-4-6-19-7-5-12/h2-3,8,12H,4-7,9-10H2,1H3. The van der Waals surface area contributed by atoms with Crippen molar-refractivity contribution in [2.75, 3.05) is 13.2 Å². The lowest BCUT2D eigenvalue weighted by Gasteiger charge is -2.23. The number of nitrogens with zero attached hydrogens (tertiary/aromatic N) is 2. The second-order valence-corrected chi connectivity index (χ2v) is 5.59. The molecule has 3 nitrogen and oxygen atoms in total. The topological polar surface area (TPSA) is 27.1 Å². The first kappa shape index (κ1) is 12.9. The maximum absolute atomic E-state index is 6.05. The van der Waals surface area contributed by atoms with Gasteiger partial charge in [0.25, 0.3) is 0 Å². The minimum Gasteiger partial charge on any atom is -0.381 e. The molecule has 2 heterocycles. The fraction of sp³-hybridized carbons (Fsp3) is 0.533. The fourth-order valence-corrected chi connectivity index (χ4v) is 2.99. The monoisotopic (exact) mass is 278 g/mol. The van der Waals surface area contributed by atoms with E-state index in [9.17, 15) is 0 Å². The number of alkyl halides is 1. The van der Waals surface area contributed by atoms with Crippen LogP contribution in [0.2, 0.25) is 0 Å². The normalized spacial score (nSPS) is 17.2. The molecule has 0 saturated carbocycles. The number of rotatable bonds is 3. The van der Waals surface area contributed by atoms with E-state index in [1.165, 1.54) is 11.1 Å². The number of hydrogen-bond acceptors (Lipinski definition) is 2. The van der Waals surface area contributed by atoms with Crippen LogP contribution in [0.4, 0.5) is 0 Å². The molecule has 1 aliphatic rings. The van der Waals surface area contributed by atoms with Crippen LogP contribution in [0.1, 0.15) is 24.2 Å². The zero-order valence-corrected chi connectivity index (χ0v) is 12.0. The van der Waals surface area contributed by atoms with Gasteiger partial charge in [-0.2, -0.15) is 0 Å². The van der Waals surface area contributed by atoms with Crippen molar-refractivity contribution in [2.24, 2.45) is 5.92 Å². The van der Waals surface area contributed by atoms with Crippen LogP contribution in [0.15, 0.2) is 18.2 Å². The molecule has 0 N–H and O–H groups in total. The van der Waals surface area contributed by atoms with E-state index in [1.54, 1.807) is 0 Å². The van der Waals surface area contributed by atoms with Gasteiger partial charge in [0.2, 0.25) is 0 Å². The highest BCUT2D eigenvalue weighted by Gasteiger charge is 2.18. The average molecular weight is 279 g/mol. The highest BCUT2D eigenvalue weighted by Crippen LogP contribution is 2.24. The van der Waals surface area contributed by atoms with Gasteiger partial charge >= 0.3 is 0 Å². The van der Waals surface area contributed by atoms with Gasteiger partial charge in [-0.15, -0.1) is 11.6 Å². The first-order chi connectivity index (χ1) is 9.28. The molecule has 0 amide bonds. The summed E-state index contributed by atoms with van der Waals surface area (Å²) in [5, 5.41) is 0. The third-order valence-electron chi connectivity index (χ3n) is 3.88. The van der Waals surface area contributed by atoms with Crippen molar-refractivity contribution in [1.29, 1.82) is 0 Å². The van der Waals surface area contributed by atoms with Crippen LogP contribution in [-0.2, 0) is 17.2 Å². The number of benzene rings is 1. The Morgan fingerprint density at radius 1 is 1.37 bits per heavy atom. The van der Waals surface area contributed by atoms with Crippen LogP contribution in [0.3, 0.4) is 0 Å². The lowest BCUT2D eigenvalue weighted by atomic mass is 10.0. The summed E-state index contributed by atoms with van der Waals surface area (Å²) in [5.74, 6) is 2.12. The van der Waals surface area contributed by atoms with Gasteiger partial charge in [0.15, 0.2) is 0 Å². The SMILES string of the molecule is Cc1ccc2c(c1)nc(CCl)n2CC1CCOCC1. The Hall–Kier alpha value is -1.06. The van der Waals surface area contributed by atoms with E-state index < -0.39 is 0 Å². The summed E-state index contributed by atoms with van der Waals surface area (Å²) in [6.07, 6.45) is 2.26. The maximum Gasteiger partial charge on any atom is 0.124 e. The molecule has 19 heavy (non-hydrogen) atoms. The molecule has 1 aromatic heterocycles. The van der Waals surface area contributed by atoms with Gasteiger partial charge in [-0.1, -0.05) is 6.07 Å². The summed E-state index contributed by atoms with van der Waals surface area (Å²) in [6.45, 7) is 4.86. The smallest absolute Gasteiger partial charge is 0.124 e. The highest BCUT2D eigenvalue weighted by molar-refractivity contribution is 6.16. The molecule has 0 bridgehead atoms. The van der Waals surface area contributed by atoms with Crippen molar-refractivity contribution >= 4 is 22.6 Å². The van der Waals surface area contributed by atoms with E-state index in [0.29, 0.717) is 11.8 Å². The van der Waals surface area contributed by atoms with Gasteiger partial charge in [0, 0.05) is 19.8 Å². The molecular formula is C15H19ClN2O. The first-order valence-electron chi connectivity index (χ1n) is 6.87. The lowest BCUT2D eigenvalue weighted by Crippen LogP contribution is -2.21. The predicted octanol–water partition coefficient (Wildman–Crippen LogP) is 3.51. The Bertz CT molecular complexity index is 573. The summed E-state index contributed by atoms with van der Waals surface area (Å²) >= 11 is 6.05. The summed E-state index contributed by atoms with van der Waals surface area (Å²) in [6, 6.07) is 6.43. The van der Waals surface area contributed by atoms with Crippen LogP contribution >= 0.6 is 11.6 Å². The molecule has 2 aromatic rings. The number of imidazole rings is 1. The van der Waals surface area contributed by atoms with Crippen LogP contribution in [0.25, 0.3) is 11.0 Å². The zero-order chi connectivity index (χ0) is 13.2. The summed E-state index contributed by atoms with van der Waals surface area (Å²) in [7, 11) is 0. The third kappa shape index (κ3) is 2.63. The number of fused-ring (bicyclic) bond motifs is 1. The number of ether oxygens (including phenoxy) is 1. The predicted molar refractivity (Wildman–Crippen MR) is 77.6 cm³/mol. The van der Waals surface area contributed by atoms with Crippen LogP contribution < -0.4 is 0 Å². The minimum absolute atomic E-state index is 0.469. The van der Waals surface area contributed by atoms with Gasteiger partial charge in [0.05, 0.1) is 16.9 Å². The maximum atomic E-state index is 6.05. The molecule has 0 atom stereocenters. The minimum atomic E-state index is 0.469. The molecule has 1 fully saturated rings. The summed E-state index contributed by atoms with van der Waals surface area (Å²) < 4.78 is 7.72. The summed E-state index contributed by atoms with van der Waals surface area (Å²) in [5.41, 5.74) is 3.50. The van der Waals surface area contributed by atoms with Crippen molar-refractivity contribution in [3.63, 3.8) is 0 Å². The molecule has 3 rings (SSSR count). The van der Waals surface area contributed by atoms with E-state index >= 15 is 0 Å². The first-order valence-corrected chi connectivity index (χ1v) is 7.41. The van der Waals surface area contributed by atoms with Crippen molar-refractivity contribution in [3.8, 4) is 0 Å². The van der Waals surface area contributed by atoms with Gasteiger partial charge in [-0.05, 0) is 43.4 Å². The molecule has 0 radical (unpaired) electrons. The number of aromatic nitrogens is 2. The van der Waals surface area contributed by atoms with Crippen LogP contribution in [0, 0.1) is 12.8 Å². The van der Waals surface area contributed by atoms with Crippen molar-refractivity contribution in [3.05, 3.63) is 29.6 Å². The van der Waals surface area contributed by atoms with Crippen molar-refractivity contribution < 1.29 is 4.74 Å². The molecule has 1 saturated heterocycles. The fourth-order valence-electron chi connectivity index (χ4n) is 2.78. The molecule has 4 heteroatoms. The average Bonchev–Trinajstić information content (AvgIpc) is 2.77. The van der Waals surface area contributed by atoms with E-state index in [0.717, 1.165) is 43.9 Å². The highest BCUT2D eigenvalue weighted by atomic mass is 35.5. The molecule has 1 aromatic carbocycles. The number of hydrogen-bond donors (Lipinski definition) is 0. The van der Waals surface area contributed by atoms with Gasteiger partial charge in [-0.25, -0.2) is 4.98 Å². The second kappa shape index (κ2) is 5.51. The zero-order valence-electron chi connectivity index (χ0n) is 11.2. The molecule has 102 valence electrons. The van der Waals surface area contributed by atoms with Crippen molar-refractivity contribution in [1.82, 2.24) is 9.55 Å². The van der Waals surface area contributed by atoms with E-state index in [4.69, 9.17) is 16.3 Å². The number of aryl methyl sites for hydroxylation is 1. The Kier molecular flexibility index (Phi) is 3.76.